The van der Waals surface area contributed by atoms with Crippen molar-refractivity contribution in [3.05, 3.63) is 46.5 Å². The molecule has 0 heterocycles. The Balaban J connectivity index is 1.98. The van der Waals surface area contributed by atoms with E-state index in [9.17, 15) is 0 Å². The van der Waals surface area contributed by atoms with Crippen molar-refractivity contribution in [1.82, 2.24) is 0 Å². The van der Waals surface area contributed by atoms with E-state index >= 15 is 0 Å². The average molecular weight is 356 g/mol. The first-order chi connectivity index (χ1) is 12.8. The first-order valence-corrected chi connectivity index (χ1v) is 8.18. The summed E-state index contributed by atoms with van der Waals surface area (Å²) in [5, 5.41) is 1.95. The zero-order valence-electron chi connectivity index (χ0n) is 14.1. The highest BCUT2D eigenvalue weighted by molar-refractivity contribution is 6.19. The Kier molecular flexibility index (Phi) is 4.17. The van der Waals surface area contributed by atoms with Crippen LogP contribution in [0.5, 0.6) is 0 Å². The molecule has 8 N–H and O–H groups in total. The van der Waals surface area contributed by atoms with Gasteiger partial charge >= 0.3 is 0 Å². The van der Waals surface area contributed by atoms with Crippen molar-refractivity contribution in [3.63, 3.8) is 0 Å². The van der Waals surface area contributed by atoms with Crippen LogP contribution in [0.2, 0.25) is 0 Å². The van der Waals surface area contributed by atoms with Crippen LogP contribution < -0.4 is 22.9 Å². The zero-order valence-corrected chi connectivity index (χ0v) is 14.1. The summed E-state index contributed by atoms with van der Waals surface area (Å²) in [6, 6.07) is 7.75. The molecule has 0 saturated heterocycles. The third kappa shape index (κ3) is 2.17. The zero-order chi connectivity index (χ0) is 18.3. The van der Waals surface area contributed by atoms with Gasteiger partial charge in [0.25, 0.3) is 0 Å². The van der Waals surface area contributed by atoms with Crippen molar-refractivity contribution in [1.29, 1.82) is 0 Å². The molecule has 2 aromatic rings. The Labute approximate surface area is 149 Å². The summed E-state index contributed by atoms with van der Waals surface area (Å²) in [4.78, 5) is 0. The van der Waals surface area contributed by atoms with Gasteiger partial charge in [0.1, 0.15) is 26.9 Å². The molecule has 2 aliphatic carbocycles. The molecule has 0 bridgehead atoms. The monoisotopic (exact) mass is 356 g/mol. The van der Waals surface area contributed by atoms with Crippen molar-refractivity contribution >= 4 is 33.8 Å². The molecule has 0 amide bonds. The van der Waals surface area contributed by atoms with Crippen molar-refractivity contribution in [2.45, 2.75) is 0 Å². The van der Waals surface area contributed by atoms with E-state index in [4.69, 9.17) is 41.9 Å². The number of hydrogen-bond acceptors (Lipinski definition) is 8. The van der Waals surface area contributed by atoms with Gasteiger partial charge < -0.3 is 18.9 Å². The molecule has 0 unspecified atom stereocenters. The normalized spacial score (nSPS) is 14.5. The van der Waals surface area contributed by atoms with Crippen molar-refractivity contribution < 1.29 is 18.9 Å². The van der Waals surface area contributed by atoms with Crippen LogP contribution >= 0.6 is 0 Å². The first kappa shape index (κ1) is 16.7. The number of benzene rings is 2. The van der Waals surface area contributed by atoms with Crippen molar-refractivity contribution in [3.8, 4) is 0 Å². The summed E-state index contributed by atoms with van der Waals surface area (Å²) < 4.78 is 22.6. The summed E-state index contributed by atoms with van der Waals surface area (Å²) in [5.74, 6) is 2.30. The summed E-state index contributed by atoms with van der Waals surface area (Å²) >= 11 is 0. The number of rotatable bonds is 8. The SMILES string of the molecule is NCOC1=C(OCN)c2ccc3c4c(ccc1c24)C(OCN)=C3OCN. The van der Waals surface area contributed by atoms with Crippen molar-refractivity contribution in [2.75, 3.05) is 26.9 Å². The predicted octanol–water partition coefficient (Wildman–Crippen LogP) is 0.849. The van der Waals surface area contributed by atoms with Crippen LogP contribution in [-0.2, 0) is 18.9 Å². The highest BCUT2D eigenvalue weighted by Crippen LogP contribution is 2.51. The highest BCUT2D eigenvalue weighted by atomic mass is 16.5. The van der Waals surface area contributed by atoms with Crippen LogP contribution in [-0.4, -0.2) is 26.9 Å². The lowest BCUT2D eigenvalue weighted by atomic mass is 9.98. The largest absolute Gasteiger partial charge is 0.474 e. The maximum absolute atomic E-state index is 5.65. The van der Waals surface area contributed by atoms with E-state index in [1.54, 1.807) is 0 Å². The van der Waals surface area contributed by atoms with Crippen LogP contribution in [0.1, 0.15) is 22.3 Å². The van der Waals surface area contributed by atoms with Gasteiger partial charge in [0.2, 0.25) is 0 Å². The van der Waals surface area contributed by atoms with E-state index in [1.165, 1.54) is 0 Å². The van der Waals surface area contributed by atoms with Crippen molar-refractivity contribution in [2.24, 2.45) is 22.9 Å². The van der Waals surface area contributed by atoms with Gasteiger partial charge in [-0.25, -0.2) is 0 Å². The van der Waals surface area contributed by atoms with Gasteiger partial charge in [-0.05, 0) is 24.3 Å². The third-order valence-electron chi connectivity index (χ3n) is 4.46. The molecule has 0 aromatic heterocycles. The number of hydrogen-bond donors (Lipinski definition) is 4. The second-order valence-corrected chi connectivity index (χ2v) is 5.63. The molecule has 0 radical (unpaired) electrons. The van der Waals surface area contributed by atoms with E-state index in [2.05, 4.69) is 0 Å². The van der Waals surface area contributed by atoms with E-state index in [-0.39, 0.29) is 26.9 Å². The lowest BCUT2D eigenvalue weighted by Gasteiger charge is -2.11. The molecule has 2 aromatic carbocycles. The molecule has 8 heteroatoms. The summed E-state index contributed by atoms with van der Waals surface area (Å²) in [6.07, 6.45) is 0. The second kappa shape index (κ2) is 6.50. The Morgan fingerprint density at radius 1 is 0.462 bits per heavy atom. The van der Waals surface area contributed by atoms with Gasteiger partial charge in [-0.2, -0.15) is 0 Å². The molecule has 0 saturated carbocycles. The van der Waals surface area contributed by atoms with Crippen LogP contribution in [0.15, 0.2) is 24.3 Å². The van der Waals surface area contributed by atoms with Crippen LogP contribution in [0, 0.1) is 0 Å². The molecule has 0 spiro atoms. The highest BCUT2D eigenvalue weighted by Gasteiger charge is 2.35. The number of ether oxygens (including phenoxy) is 4. The Bertz CT molecular complexity index is 805. The lowest BCUT2D eigenvalue weighted by molar-refractivity contribution is 0.254. The topological polar surface area (TPSA) is 141 Å². The maximum Gasteiger partial charge on any atom is 0.171 e. The van der Waals surface area contributed by atoms with Gasteiger partial charge in [0, 0.05) is 33.0 Å². The molecule has 136 valence electrons. The summed E-state index contributed by atoms with van der Waals surface area (Å²) in [6.45, 7) is 0.104. The minimum atomic E-state index is 0.0260. The summed E-state index contributed by atoms with van der Waals surface area (Å²) in [5.41, 5.74) is 26.0. The van der Waals surface area contributed by atoms with E-state index in [1.807, 2.05) is 24.3 Å². The molecule has 0 fully saturated rings. The fraction of sp³-hybridized carbons (Fsp3) is 0.222. The third-order valence-corrected chi connectivity index (χ3v) is 4.46. The molecule has 8 nitrogen and oxygen atoms in total. The predicted molar refractivity (Wildman–Crippen MR) is 98.1 cm³/mol. The van der Waals surface area contributed by atoms with E-state index in [0.29, 0.717) is 23.0 Å². The quantitative estimate of drug-likeness (QED) is 0.510. The van der Waals surface area contributed by atoms with E-state index in [0.717, 1.165) is 33.0 Å². The Morgan fingerprint density at radius 3 is 0.885 bits per heavy atom. The molecule has 0 aliphatic heterocycles. The first-order valence-electron chi connectivity index (χ1n) is 8.18. The Hall–Kier alpha value is -2.78. The van der Waals surface area contributed by atoms with Gasteiger partial charge in [-0.3, -0.25) is 22.9 Å². The second-order valence-electron chi connectivity index (χ2n) is 5.63. The fourth-order valence-electron chi connectivity index (χ4n) is 3.65. The summed E-state index contributed by atoms with van der Waals surface area (Å²) in [7, 11) is 0. The minimum absolute atomic E-state index is 0.0260. The number of nitrogens with two attached hydrogens (primary N) is 4. The van der Waals surface area contributed by atoms with Gasteiger partial charge in [-0.1, -0.05) is 0 Å². The minimum Gasteiger partial charge on any atom is -0.474 e. The van der Waals surface area contributed by atoms with Gasteiger partial charge in [0.15, 0.2) is 23.0 Å². The van der Waals surface area contributed by atoms with E-state index < -0.39 is 0 Å². The standard InChI is InChI=1S/C18H20N4O4/c19-5-23-15-9-1-2-10-14-12(18(26-8-22)16(10)24-6-20)4-3-11(13(9)14)17(15)25-7-21/h1-4H,5-8,19-22H2. The van der Waals surface area contributed by atoms with Gasteiger partial charge in [-0.15, -0.1) is 0 Å². The molecular formula is C18H20N4O4. The molecular weight excluding hydrogens is 336 g/mol. The average Bonchev–Trinajstić information content (AvgIpc) is 3.10. The van der Waals surface area contributed by atoms with Crippen LogP contribution in [0.3, 0.4) is 0 Å². The molecule has 26 heavy (non-hydrogen) atoms. The lowest BCUT2D eigenvalue weighted by Crippen LogP contribution is -2.08. The van der Waals surface area contributed by atoms with Crippen LogP contribution in [0.4, 0.5) is 0 Å². The Morgan fingerprint density at radius 2 is 0.692 bits per heavy atom. The van der Waals surface area contributed by atoms with Crippen LogP contribution in [0.25, 0.3) is 33.8 Å². The smallest absolute Gasteiger partial charge is 0.171 e. The van der Waals surface area contributed by atoms with Gasteiger partial charge in [0.05, 0.1) is 0 Å². The molecule has 2 aliphatic rings. The fourth-order valence-corrected chi connectivity index (χ4v) is 3.65. The maximum atomic E-state index is 5.65. The molecule has 0 atom stereocenters. The molecule has 4 rings (SSSR count).